The summed E-state index contributed by atoms with van der Waals surface area (Å²) in [7, 11) is 0. The van der Waals surface area contributed by atoms with Gasteiger partial charge in [-0.15, -0.1) is 0 Å². The van der Waals surface area contributed by atoms with Crippen LogP contribution >= 0.6 is 0 Å². The van der Waals surface area contributed by atoms with Gasteiger partial charge in [-0.3, -0.25) is 9.59 Å². The number of unbranched alkanes of at least 4 members (excludes halogenated alkanes) is 23. The maximum atomic E-state index is 13.0. The number of carbonyl (C=O) groups is 2. The zero-order valence-electron chi connectivity index (χ0n) is 34.4. The van der Waals surface area contributed by atoms with Crippen molar-refractivity contribution < 1.29 is 24.5 Å². The highest BCUT2D eigenvalue weighted by molar-refractivity contribution is 5.78. The van der Waals surface area contributed by atoms with Crippen molar-refractivity contribution in [2.45, 2.75) is 238 Å². The van der Waals surface area contributed by atoms with Crippen molar-refractivity contribution in [2.75, 3.05) is 6.61 Å². The summed E-state index contributed by atoms with van der Waals surface area (Å²) in [6, 6.07) is -0.729. The van der Waals surface area contributed by atoms with Crippen LogP contribution in [0.1, 0.15) is 220 Å². The molecule has 0 spiro atoms. The second-order valence-electron chi connectivity index (χ2n) is 15.1. The zero-order valence-corrected chi connectivity index (χ0v) is 34.4. The van der Waals surface area contributed by atoms with E-state index in [-0.39, 0.29) is 24.9 Å². The first kappa shape index (κ1) is 50.1. The second kappa shape index (κ2) is 40.3. The summed E-state index contributed by atoms with van der Waals surface area (Å²) >= 11 is 0. The van der Waals surface area contributed by atoms with E-state index < -0.39 is 18.2 Å². The summed E-state index contributed by atoms with van der Waals surface area (Å²) in [6.07, 6.45) is 45.2. The number of ether oxygens (including phenoxy) is 1. The molecule has 0 aliphatic heterocycles. The minimum absolute atomic E-state index is 0.0306. The summed E-state index contributed by atoms with van der Waals surface area (Å²) in [5.41, 5.74) is 0. The van der Waals surface area contributed by atoms with E-state index in [1.54, 1.807) is 0 Å². The monoisotopic (exact) mass is 732 g/mol. The maximum absolute atomic E-state index is 13.0. The molecule has 0 aliphatic carbocycles. The van der Waals surface area contributed by atoms with E-state index in [9.17, 15) is 19.8 Å². The lowest BCUT2D eigenvalue weighted by Crippen LogP contribution is -2.46. The molecule has 3 atom stereocenters. The van der Waals surface area contributed by atoms with Gasteiger partial charge < -0.3 is 20.3 Å². The first-order valence-corrected chi connectivity index (χ1v) is 22.2. The summed E-state index contributed by atoms with van der Waals surface area (Å²) in [6.45, 7) is 6.38. The molecule has 3 unspecified atom stereocenters. The summed E-state index contributed by atoms with van der Waals surface area (Å²) in [4.78, 5) is 25.8. The Labute approximate surface area is 322 Å². The fourth-order valence-corrected chi connectivity index (χ4v) is 6.51. The summed E-state index contributed by atoms with van der Waals surface area (Å²) < 4.78 is 5.78. The molecule has 0 radical (unpaired) electrons. The molecule has 0 aromatic heterocycles. The van der Waals surface area contributed by atoms with Gasteiger partial charge in [0.2, 0.25) is 5.91 Å². The Hall–Kier alpha value is -1.92. The van der Waals surface area contributed by atoms with E-state index in [1.165, 1.54) is 122 Å². The Morgan fingerprint density at radius 2 is 1.02 bits per heavy atom. The molecular formula is C46H85NO5. The SMILES string of the molecule is CCCCC/C=C\CCCCCCCC(=O)OC(/C=C/C/C=C\CCCCCCCC)CC(=O)NC(CO)C(O)CCCCCCCCCCCC. The van der Waals surface area contributed by atoms with E-state index in [2.05, 4.69) is 50.4 Å². The number of aliphatic hydroxyl groups is 2. The molecule has 6 heteroatoms. The van der Waals surface area contributed by atoms with Gasteiger partial charge >= 0.3 is 5.97 Å². The lowest BCUT2D eigenvalue weighted by atomic mass is 10.0. The molecule has 1 amide bonds. The van der Waals surface area contributed by atoms with Crippen LogP contribution in [-0.4, -0.2) is 46.9 Å². The lowest BCUT2D eigenvalue weighted by molar-refractivity contribution is -0.148. The molecule has 3 N–H and O–H groups in total. The highest BCUT2D eigenvalue weighted by atomic mass is 16.5. The van der Waals surface area contributed by atoms with Crippen molar-refractivity contribution in [3.63, 3.8) is 0 Å². The van der Waals surface area contributed by atoms with Gasteiger partial charge in [0.25, 0.3) is 0 Å². The van der Waals surface area contributed by atoms with Gasteiger partial charge in [0.05, 0.1) is 25.2 Å². The molecule has 52 heavy (non-hydrogen) atoms. The predicted octanol–water partition coefficient (Wildman–Crippen LogP) is 12.6. The molecule has 0 aromatic rings. The quantitative estimate of drug-likeness (QED) is 0.0332. The Balaban J connectivity index is 4.70. The third-order valence-electron chi connectivity index (χ3n) is 9.94. The molecule has 0 aromatic carbocycles. The predicted molar refractivity (Wildman–Crippen MR) is 222 cm³/mol. The minimum atomic E-state index is -0.807. The van der Waals surface area contributed by atoms with E-state index >= 15 is 0 Å². The smallest absolute Gasteiger partial charge is 0.306 e. The number of rotatable bonds is 39. The third-order valence-corrected chi connectivity index (χ3v) is 9.94. The number of hydrogen-bond donors (Lipinski definition) is 3. The molecule has 0 bridgehead atoms. The summed E-state index contributed by atoms with van der Waals surface area (Å²) in [5, 5.41) is 23.5. The largest absolute Gasteiger partial charge is 0.458 e. The first-order valence-electron chi connectivity index (χ1n) is 22.2. The van der Waals surface area contributed by atoms with E-state index in [4.69, 9.17) is 4.74 Å². The van der Waals surface area contributed by atoms with Crippen molar-refractivity contribution >= 4 is 11.9 Å². The fourth-order valence-electron chi connectivity index (χ4n) is 6.51. The van der Waals surface area contributed by atoms with Gasteiger partial charge in [-0.1, -0.05) is 180 Å². The van der Waals surface area contributed by atoms with Crippen molar-refractivity contribution in [1.82, 2.24) is 5.32 Å². The number of allylic oxidation sites excluding steroid dienone is 5. The minimum Gasteiger partial charge on any atom is -0.458 e. The van der Waals surface area contributed by atoms with Gasteiger partial charge in [-0.05, 0) is 63.9 Å². The number of esters is 1. The molecule has 0 heterocycles. The fraction of sp³-hybridized carbons (Fsp3) is 0.826. The maximum Gasteiger partial charge on any atom is 0.306 e. The summed E-state index contributed by atoms with van der Waals surface area (Å²) in [5.74, 6) is -0.613. The molecule has 0 fully saturated rings. The van der Waals surface area contributed by atoms with E-state index in [0.29, 0.717) is 12.8 Å². The van der Waals surface area contributed by atoms with Crippen molar-refractivity contribution in [2.24, 2.45) is 0 Å². The average Bonchev–Trinajstić information content (AvgIpc) is 3.13. The molecule has 0 saturated heterocycles. The van der Waals surface area contributed by atoms with Crippen LogP contribution in [0.2, 0.25) is 0 Å². The van der Waals surface area contributed by atoms with Crippen LogP contribution < -0.4 is 5.32 Å². The van der Waals surface area contributed by atoms with Crippen molar-refractivity contribution in [3.8, 4) is 0 Å². The Morgan fingerprint density at radius 1 is 0.577 bits per heavy atom. The highest BCUT2D eigenvalue weighted by Crippen LogP contribution is 2.15. The van der Waals surface area contributed by atoms with Gasteiger partial charge in [-0.25, -0.2) is 0 Å². The average molecular weight is 732 g/mol. The van der Waals surface area contributed by atoms with Gasteiger partial charge in [0.15, 0.2) is 0 Å². The van der Waals surface area contributed by atoms with Gasteiger partial charge in [0, 0.05) is 6.42 Å². The van der Waals surface area contributed by atoms with Crippen LogP contribution in [0, 0.1) is 0 Å². The molecule has 0 saturated carbocycles. The molecular weight excluding hydrogens is 647 g/mol. The molecule has 0 rings (SSSR count). The number of hydrogen-bond acceptors (Lipinski definition) is 5. The Bertz CT molecular complexity index is 869. The van der Waals surface area contributed by atoms with E-state index in [0.717, 1.165) is 57.8 Å². The topological polar surface area (TPSA) is 95.9 Å². The van der Waals surface area contributed by atoms with Crippen LogP contribution in [-0.2, 0) is 14.3 Å². The van der Waals surface area contributed by atoms with Gasteiger partial charge in [-0.2, -0.15) is 0 Å². The zero-order chi connectivity index (χ0) is 38.2. The number of aliphatic hydroxyl groups excluding tert-OH is 2. The van der Waals surface area contributed by atoms with Crippen molar-refractivity contribution in [3.05, 3.63) is 36.5 Å². The van der Waals surface area contributed by atoms with Crippen LogP contribution in [0.25, 0.3) is 0 Å². The van der Waals surface area contributed by atoms with Gasteiger partial charge in [0.1, 0.15) is 6.10 Å². The number of amides is 1. The van der Waals surface area contributed by atoms with Crippen LogP contribution in [0.5, 0.6) is 0 Å². The molecule has 0 aliphatic rings. The van der Waals surface area contributed by atoms with Crippen LogP contribution in [0.4, 0.5) is 0 Å². The standard InChI is InChI=1S/C46H85NO5/c1-4-7-10-13-16-19-22-24-27-30-33-36-39-46(51)52-42(37-34-31-28-25-23-20-17-14-11-8-5-2)40-45(50)47-43(41-48)44(49)38-35-32-29-26-21-18-15-12-9-6-3/h16,19,25,28,34,37,42-44,48-49H,4-15,17-18,20-24,26-27,29-33,35-36,38-41H2,1-3H3,(H,47,50)/b19-16-,28-25-,37-34+. The highest BCUT2D eigenvalue weighted by Gasteiger charge is 2.23. The van der Waals surface area contributed by atoms with Crippen molar-refractivity contribution in [1.29, 1.82) is 0 Å². The normalized spacial score (nSPS) is 13.7. The van der Waals surface area contributed by atoms with Crippen LogP contribution in [0.3, 0.4) is 0 Å². The molecule has 6 nitrogen and oxygen atoms in total. The second-order valence-corrected chi connectivity index (χ2v) is 15.1. The Kier molecular flexibility index (Phi) is 38.8. The Morgan fingerprint density at radius 3 is 1.56 bits per heavy atom. The first-order chi connectivity index (χ1) is 25.5. The van der Waals surface area contributed by atoms with E-state index in [1.807, 2.05) is 12.2 Å². The lowest BCUT2D eigenvalue weighted by Gasteiger charge is -2.23. The number of carbonyl (C=O) groups excluding carboxylic acids is 2. The van der Waals surface area contributed by atoms with Crippen LogP contribution in [0.15, 0.2) is 36.5 Å². The number of nitrogens with one attached hydrogen (secondary N) is 1. The third kappa shape index (κ3) is 35.1. The molecule has 304 valence electrons.